The molecule has 1 heterocycles. The number of hydrogen-bond donors (Lipinski definition) is 1. The Kier molecular flexibility index (Phi) is 5.00. The summed E-state index contributed by atoms with van der Waals surface area (Å²) in [5.74, 6) is 0.327. The molecule has 0 unspecified atom stereocenters. The third-order valence-electron chi connectivity index (χ3n) is 4.80. The van der Waals surface area contributed by atoms with Crippen LogP contribution in [0.2, 0.25) is 0 Å². The van der Waals surface area contributed by atoms with Gasteiger partial charge in [0.25, 0.3) is 5.56 Å². The first-order chi connectivity index (χ1) is 13.6. The Bertz CT molecular complexity index is 1140. The zero-order chi connectivity index (χ0) is 19.5. The number of fused-ring (bicyclic) bond motifs is 1. The summed E-state index contributed by atoms with van der Waals surface area (Å²) in [7, 11) is 1.97. The minimum atomic E-state index is -0.265. The molecule has 1 aromatic heterocycles. The van der Waals surface area contributed by atoms with Crippen LogP contribution in [0.3, 0.4) is 0 Å². The van der Waals surface area contributed by atoms with Gasteiger partial charge in [-0.2, -0.15) is 0 Å². The fourth-order valence-corrected chi connectivity index (χ4v) is 3.52. The third kappa shape index (κ3) is 3.70. The van der Waals surface area contributed by atoms with Gasteiger partial charge in [0.15, 0.2) is 0 Å². The van der Waals surface area contributed by atoms with Crippen molar-refractivity contribution in [1.82, 2.24) is 14.9 Å². The molecule has 3 aromatic carbocycles. The van der Waals surface area contributed by atoms with Crippen LogP contribution in [0.25, 0.3) is 10.9 Å². The van der Waals surface area contributed by atoms with Gasteiger partial charge in [0.2, 0.25) is 0 Å². The predicted octanol–water partition coefficient (Wildman–Crippen LogP) is 4.28. The van der Waals surface area contributed by atoms with Crippen molar-refractivity contribution in [2.24, 2.45) is 0 Å². The van der Waals surface area contributed by atoms with Gasteiger partial charge in [-0.05, 0) is 42.4 Å². The SMILES string of the molecule is CN(Cc1nc2ccccc2c(=O)[nH]1)[C@@H](c1ccccc1)c1ccc(F)cc1. The number of halogens is 1. The summed E-state index contributed by atoms with van der Waals surface area (Å²) < 4.78 is 13.4. The first-order valence-electron chi connectivity index (χ1n) is 9.10. The molecule has 4 aromatic rings. The molecule has 0 amide bonds. The molecule has 5 heteroatoms. The van der Waals surface area contributed by atoms with E-state index in [9.17, 15) is 9.18 Å². The Labute approximate surface area is 162 Å². The van der Waals surface area contributed by atoms with Crippen molar-refractivity contribution in [2.45, 2.75) is 12.6 Å². The molecular formula is C23H20FN3O. The molecule has 1 N–H and O–H groups in total. The minimum absolute atomic E-state index is 0.0985. The van der Waals surface area contributed by atoms with Crippen molar-refractivity contribution in [3.8, 4) is 0 Å². The maximum absolute atomic E-state index is 13.4. The van der Waals surface area contributed by atoms with Crippen molar-refractivity contribution >= 4 is 10.9 Å². The Balaban J connectivity index is 1.71. The van der Waals surface area contributed by atoms with E-state index in [-0.39, 0.29) is 17.4 Å². The van der Waals surface area contributed by atoms with Crippen molar-refractivity contribution in [1.29, 1.82) is 0 Å². The Morgan fingerprint density at radius 1 is 0.929 bits per heavy atom. The van der Waals surface area contributed by atoms with E-state index >= 15 is 0 Å². The summed E-state index contributed by atoms with van der Waals surface area (Å²) >= 11 is 0. The molecule has 1 atom stereocenters. The molecule has 0 aliphatic heterocycles. The number of rotatable bonds is 5. The molecule has 4 nitrogen and oxygen atoms in total. The molecule has 140 valence electrons. The van der Waals surface area contributed by atoms with Crippen LogP contribution in [-0.4, -0.2) is 21.9 Å². The smallest absolute Gasteiger partial charge is 0.258 e. The highest BCUT2D eigenvalue weighted by Gasteiger charge is 2.20. The van der Waals surface area contributed by atoms with Gasteiger partial charge in [-0.15, -0.1) is 0 Å². The molecular weight excluding hydrogens is 353 g/mol. The number of nitrogens with one attached hydrogen (secondary N) is 1. The highest BCUT2D eigenvalue weighted by atomic mass is 19.1. The van der Waals surface area contributed by atoms with Crippen LogP contribution in [0, 0.1) is 5.82 Å². The van der Waals surface area contributed by atoms with Gasteiger partial charge >= 0.3 is 0 Å². The molecule has 0 fully saturated rings. The van der Waals surface area contributed by atoms with Crippen LogP contribution in [0.4, 0.5) is 4.39 Å². The Morgan fingerprint density at radius 2 is 1.57 bits per heavy atom. The van der Waals surface area contributed by atoms with Crippen LogP contribution in [0.1, 0.15) is 23.0 Å². The average Bonchev–Trinajstić information content (AvgIpc) is 2.70. The largest absolute Gasteiger partial charge is 0.309 e. The highest BCUT2D eigenvalue weighted by molar-refractivity contribution is 5.77. The third-order valence-corrected chi connectivity index (χ3v) is 4.80. The van der Waals surface area contributed by atoms with Crippen molar-refractivity contribution in [3.63, 3.8) is 0 Å². The number of benzene rings is 3. The number of aromatic amines is 1. The van der Waals surface area contributed by atoms with E-state index in [1.165, 1.54) is 12.1 Å². The summed E-state index contributed by atoms with van der Waals surface area (Å²) in [5.41, 5.74) is 2.58. The Hall–Kier alpha value is -3.31. The summed E-state index contributed by atoms with van der Waals surface area (Å²) in [6.07, 6.45) is 0. The van der Waals surface area contributed by atoms with Gasteiger partial charge in [0.05, 0.1) is 23.5 Å². The first-order valence-corrected chi connectivity index (χ1v) is 9.10. The van der Waals surface area contributed by atoms with Crippen LogP contribution >= 0.6 is 0 Å². The molecule has 0 aliphatic carbocycles. The molecule has 0 aliphatic rings. The van der Waals surface area contributed by atoms with Crippen molar-refractivity contribution < 1.29 is 4.39 Å². The monoisotopic (exact) mass is 373 g/mol. The summed E-state index contributed by atoms with van der Waals surface area (Å²) in [6.45, 7) is 0.441. The van der Waals surface area contributed by atoms with Gasteiger partial charge in [-0.3, -0.25) is 9.69 Å². The predicted molar refractivity (Wildman–Crippen MR) is 109 cm³/mol. The highest BCUT2D eigenvalue weighted by Crippen LogP contribution is 2.28. The second kappa shape index (κ2) is 7.74. The van der Waals surface area contributed by atoms with Crippen LogP contribution in [-0.2, 0) is 6.54 Å². The van der Waals surface area contributed by atoms with Gasteiger partial charge in [0.1, 0.15) is 11.6 Å². The number of H-pyrrole nitrogens is 1. The van der Waals surface area contributed by atoms with Crippen LogP contribution < -0.4 is 5.56 Å². The molecule has 4 rings (SSSR count). The number of para-hydroxylation sites is 1. The lowest BCUT2D eigenvalue weighted by Crippen LogP contribution is -2.27. The zero-order valence-electron chi connectivity index (χ0n) is 15.5. The van der Waals surface area contributed by atoms with E-state index < -0.39 is 0 Å². The minimum Gasteiger partial charge on any atom is -0.309 e. The molecule has 0 radical (unpaired) electrons. The standard InChI is InChI=1S/C23H20FN3O/c1-27(15-21-25-20-10-6-5-9-19(20)23(28)26-21)22(16-7-3-2-4-8-16)17-11-13-18(24)14-12-17/h2-14,22H,15H2,1H3,(H,25,26,28)/t22-/m0/s1. The lowest BCUT2D eigenvalue weighted by Gasteiger charge is -2.28. The molecule has 0 saturated carbocycles. The van der Waals surface area contributed by atoms with E-state index in [2.05, 4.69) is 14.9 Å². The summed E-state index contributed by atoms with van der Waals surface area (Å²) in [6, 6.07) is 23.7. The van der Waals surface area contributed by atoms with Gasteiger partial charge in [-0.1, -0.05) is 54.6 Å². The normalized spacial score (nSPS) is 12.4. The topological polar surface area (TPSA) is 49.0 Å². The van der Waals surface area contributed by atoms with E-state index in [1.54, 1.807) is 18.2 Å². The molecule has 0 saturated heterocycles. The quantitative estimate of drug-likeness (QED) is 0.568. The second-order valence-corrected chi connectivity index (χ2v) is 6.81. The van der Waals surface area contributed by atoms with Gasteiger partial charge in [-0.25, -0.2) is 9.37 Å². The average molecular weight is 373 g/mol. The van der Waals surface area contributed by atoms with Crippen LogP contribution in [0.5, 0.6) is 0 Å². The van der Waals surface area contributed by atoms with Crippen molar-refractivity contribution in [3.05, 3.63) is 112 Å². The molecule has 0 spiro atoms. The van der Waals surface area contributed by atoms with E-state index in [0.717, 1.165) is 11.1 Å². The van der Waals surface area contributed by atoms with E-state index in [1.807, 2.05) is 55.6 Å². The van der Waals surface area contributed by atoms with Crippen molar-refractivity contribution in [2.75, 3.05) is 7.05 Å². The fourth-order valence-electron chi connectivity index (χ4n) is 3.52. The Morgan fingerprint density at radius 3 is 2.32 bits per heavy atom. The second-order valence-electron chi connectivity index (χ2n) is 6.81. The number of aromatic nitrogens is 2. The van der Waals surface area contributed by atoms with Crippen LogP contribution in [0.15, 0.2) is 83.7 Å². The van der Waals surface area contributed by atoms with E-state index in [0.29, 0.717) is 23.3 Å². The lowest BCUT2D eigenvalue weighted by atomic mass is 9.97. The lowest BCUT2D eigenvalue weighted by molar-refractivity contribution is 0.263. The van der Waals surface area contributed by atoms with E-state index in [4.69, 9.17) is 0 Å². The summed E-state index contributed by atoms with van der Waals surface area (Å²) in [5, 5.41) is 0.576. The fraction of sp³-hybridized carbons (Fsp3) is 0.130. The maximum atomic E-state index is 13.4. The maximum Gasteiger partial charge on any atom is 0.258 e. The van der Waals surface area contributed by atoms with Gasteiger partial charge in [0, 0.05) is 0 Å². The molecule has 0 bridgehead atoms. The number of nitrogens with zero attached hydrogens (tertiary/aromatic N) is 2. The molecule has 28 heavy (non-hydrogen) atoms. The number of hydrogen-bond acceptors (Lipinski definition) is 3. The van der Waals surface area contributed by atoms with Gasteiger partial charge < -0.3 is 4.98 Å². The first kappa shape index (κ1) is 18.1. The zero-order valence-corrected chi connectivity index (χ0v) is 15.5. The summed E-state index contributed by atoms with van der Waals surface area (Å²) in [4.78, 5) is 21.9.